The molecule has 6 rings (SSSR count). The number of aryl methyl sites for hydroxylation is 1. The van der Waals surface area contributed by atoms with Crippen LogP contribution in [-0.4, -0.2) is 54.7 Å². The van der Waals surface area contributed by atoms with Gasteiger partial charge in [-0.05, 0) is 56.6 Å². The van der Waals surface area contributed by atoms with E-state index in [1.807, 2.05) is 11.3 Å². The van der Waals surface area contributed by atoms with E-state index in [4.69, 9.17) is 10.7 Å². The summed E-state index contributed by atoms with van der Waals surface area (Å²) in [6.07, 6.45) is 0.799. The highest BCUT2D eigenvalue weighted by molar-refractivity contribution is 6.03. The number of imidazole rings is 2. The molecule has 3 N–H and O–H groups in total. The molecule has 1 aliphatic heterocycles. The van der Waals surface area contributed by atoms with Gasteiger partial charge in [-0.3, -0.25) is 13.6 Å². The molecule has 0 radical (unpaired) electrons. The number of carbonyl (C=O) groups excluding carboxylic acids is 1. The van der Waals surface area contributed by atoms with E-state index < -0.39 is 29.2 Å². The predicted octanol–water partition coefficient (Wildman–Crippen LogP) is 4.45. The number of nitrogen functional groups attached to an aromatic ring is 1. The minimum absolute atomic E-state index is 0.0122. The number of pyridine rings is 1. The first-order valence-electron chi connectivity index (χ1n) is 12.5. The van der Waals surface area contributed by atoms with Crippen LogP contribution in [0.4, 0.5) is 29.1 Å². The number of aromatic nitrogens is 5. The molecular weight excluding hydrogens is 528 g/mol. The van der Waals surface area contributed by atoms with Gasteiger partial charge in [0, 0.05) is 36.7 Å². The second-order valence-corrected chi connectivity index (χ2v) is 10.1. The lowest BCUT2D eigenvalue weighted by atomic mass is 9.95. The summed E-state index contributed by atoms with van der Waals surface area (Å²) in [5, 5.41) is 2.21. The third-order valence-electron chi connectivity index (χ3n) is 7.13. The zero-order valence-electron chi connectivity index (χ0n) is 21.5. The second kappa shape index (κ2) is 9.30. The Morgan fingerprint density at radius 1 is 1.15 bits per heavy atom. The molecule has 1 aromatic carbocycles. The number of rotatable bonds is 5. The largest absolute Gasteiger partial charge is 0.416 e. The molecular formula is C27H24F4N8O. The number of hydrogen-bond donors (Lipinski definition) is 2. The van der Waals surface area contributed by atoms with E-state index in [1.54, 1.807) is 24.5 Å². The molecule has 1 saturated heterocycles. The molecule has 1 amide bonds. The van der Waals surface area contributed by atoms with Gasteiger partial charge in [0.15, 0.2) is 0 Å². The van der Waals surface area contributed by atoms with Crippen molar-refractivity contribution in [2.24, 2.45) is 5.92 Å². The zero-order chi connectivity index (χ0) is 28.3. The van der Waals surface area contributed by atoms with Crippen molar-refractivity contribution < 1.29 is 22.4 Å². The maximum Gasteiger partial charge on any atom is 0.416 e. The van der Waals surface area contributed by atoms with Gasteiger partial charge >= 0.3 is 6.18 Å². The van der Waals surface area contributed by atoms with Crippen molar-refractivity contribution in [3.63, 3.8) is 0 Å². The molecule has 40 heavy (non-hydrogen) atoms. The Morgan fingerprint density at radius 2 is 1.93 bits per heavy atom. The molecule has 0 spiro atoms. The van der Waals surface area contributed by atoms with E-state index in [2.05, 4.69) is 27.2 Å². The highest BCUT2D eigenvalue weighted by Crippen LogP contribution is 2.33. The van der Waals surface area contributed by atoms with Crippen molar-refractivity contribution in [2.75, 3.05) is 31.2 Å². The number of amides is 1. The van der Waals surface area contributed by atoms with Crippen LogP contribution < -0.4 is 11.1 Å². The number of carbonyl (C=O) groups is 1. The Bertz CT molecular complexity index is 1790. The van der Waals surface area contributed by atoms with Crippen molar-refractivity contribution >= 4 is 28.6 Å². The number of alkyl halides is 3. The Hall–Kier alpha value is -4.52. The van der Waals surface area contributed by atoms with Crippen LogP contribution in [-0.2, 0) is 12.6 Å². The van der Waals surface area contributed by atoms with Gasteiger partial charge in [-0.2, -0.15) is 13.2 Å². The van der Waals surface area contributed by atoms with Crippen LogP contribution in [0, 0.1) is 18.7 Å². The lowest BCUT2D eigenvalue weighted by Crippen LogP contribution is -2.44. The van der Waals surface area contributed by atoms with Crippen LogP contribution in [0.3, 0.4) is 0 Å². The molecule has 0 bridgehead atoms. The van der Waals surface area contributed by atoms with Crippen LogP contribution >= 0.6 is 0 Å². The van der Waals surface area contributed by atoms with E-state index >= 15 is 0 Å². The first-order valence-corrected chi connectivity index (χ1v) is 12.5. The first kappa shape index (κ1) is 25.7. The lowest BCUT2D eigenvalue weighted by Gasteiger charge is -2.36. The van der Waals surface area contributed by atoms with Gasteiger partial charge in [-0.15, -0.1) is 0 Å². The van der Waals surface area contributed by atoms with E-state index in [9.17, 15) is 22.4 Å². The molecule has 0 unspecified atom stereocenters. The minimum atomic E-state index is -4.68. The Kier molecular flexibility index (Phi) is 5.98. The normalized spacial score (nSPS) is 14.7. The van der Waals surface area contributed by atoms with Gasteiger partial charge in [0.1, 0.15) is 40.0 Å². The standard InChI is InChI=1S/C27H24F4N8O/c1-14-35-23(24-25(32)34-10-18(39(14)24)7-15-12-37(2)13-15)16-5-6-38-21(11-33-22(38)8-16)26(40)36-20-9-17(27(29,30)31)3-4-19(20)28/h3-6,8-11,15H,7,12-13H2,1-2H3,(H2,32,34)(H,36,40). The van der Waals surface area contributed by atoms with E-state index in [-0.39, 0.29) is 5.69 Å². The molecule has 4 aromatic heterocycles. The maximum atomic E-state index is 14.2. The van der Waals surface area contributed by atoms with Gasteiger partial charge in [-0.25, -0.2) is 19.3 Å². The summed E-state index contributed by atoms with van der Waals surface area (Å²) in [7, 11) is 2.08. The molecule has 0 atom stereocenters. The lowest BCUT2D eigenvalue weighted by molar-refractivity contribution is -0.137. The van der Waals surface area contributed by atoms with Crippen molar-refractivity contribution in [3.8, 4) is 11.3 Å². The molecule has 5 heterocycles. The van der Waals surface area contributed by atoms with Gasteiger partial charge < -0.3 is 16.0 Å². The van der Waals surface area contributed by atoms with Crippen LogP contribution in [0.25, 0.3) is 22.4 Å². The van der Waals surface area contributed by atoms with Crippen molar-refractivity contribution in [3.05, 3.63) is 77.5 Å². The fourth-order valence-electron chi connectivity index (χ4n) is 5.26. The van der Waals surface area contributed by atoms with E-state index in [1.165, 1.54) is 10.6 Å². The number of anilines is 2. The zero-order valence-corrected chi connectivity index (χ0v) is 21.5. The Labute approximate surface area is 225 Å². The summed E-state index contributed by atoms with van der Waals surface area (Å²) < 4.78 is 56.8. The molecule has 0 aliphatic carbocycles. The fraction of sp³-hybridized carbons (Fsp3) is 0.259. The molecule has 0 saturated carbocycles. The van der Waals surface area contributed by atoms with Crippen LogP contribution in [0.2, 0.25) is 0 Å². The van der Waals surface area contributed by atoms with E-state index in [0.29, 0.717) is 52.4 Å². The third kappa shape index (κ3) is 4.41. The number of hydrogen-bond acceptors (Lipinski definition) is 6. The minimum Gasteiger partial charge on any atom is -0.382 e. The number of benzene rings is 1. The van der Waals surface area contributed by atoms with E-state index in [0.717, 1.165) is 31.0 Å². The quantitative estimate of drug-likeness (QED) is 0.312. The van der Waals surface area contributed by atoms with Crippen molar-refractivity contribution in [2.45, 2.75) is 19.5 Å². The van der Waals surface area contributed by atoms with Gasteiger partial charge in [0.05, 0.1) is 17.4 Å². The smallest absolute Gasteiger partial charge is 0.382 e. The number of likely N-dealkylation sites (tertiary alicyclic amines) is 1. The molecule has 13 heteroatoms. The Balaban J connectivity index is 1.33. The van der Waals surface area contributed by atoms with Crippen molar-refractivity contribution in [1.29, 1.82) is 0 Å². The third-order valence-corrected chi connectivity index (χ3v) is 7.13. The predicted molar refractivity (Wildman–Crippen MR) is 140 cm³/mol. The number of halogens is 4. The number of nitrogens with zero attached hydrogens (tertiary/aromatic N) is 6. The van der Waals surface area contributed by atoms with Gasteiger partial charge in [0.25, 0.3) is 5.91 Å². The molecule has 1 fully saturated rings. The molecule has 1 aliphatic rings. The van der Waals surface area contributed by atoms with Crippen LogP contribution in [0.1, 0.15) is 27.6 Å². The molecule has 206 valence electrons. The summed E-state index contributed by atoms with van der Waals surface area (Å²) in [6, 6.07) is 5.27. The first-order chi connectivity index (χ1) is 19.0. The van der Waals surface area contributed by atoms with Gasteiger partial charge in [-0.1, -0.05) is 0 Å². The fourth-order valence-corrected chi connectivity index (χ4v) is 5.26. The second-order valence-electron chi connectivity index (χ2n) is 10.1. The summed E-state index contributed by atoms with van der Waals surface area (Å²) >= 11 is 0. The number of nitrogens with two attached hydrogens (primary N) is 1. The summed E-state index contributed by atoms with van der Waals surface area (Å²) in [5.74, 6) is -0.195. The number of nitrogens with one attached hydrogen (secondary N) is 1. The van der Waals surface area contributed by atoms with Crippen LogP contribution in [0.15, 0.2) is 48.9 Å². The summed E-state index contributed by atoms with van der Waals surface area (Å²) in [6.45, 7) is 3.93. The van der Waals surface area contributed by atoms with Gasteiger partial charge in [0.2, 0.25) is 0 Å². The average molecular weight is 553 g/mol. The van der Waals surface area contributed by atoms with Crippen LogP contribution in [0.5, 0.6) is 0 Å². The Morgan fingerprint density at radius 3 is 2.65 bits per heavy atom. The molecule has 9 nitrogen and oxygen atoms in total. The average Bonchev–Trinajstić information content (AvgIpc) is 3.46. The maximum absolute atomic E-state index is 14.2. The highest BCUT2D eigenvalue weighted by Gasteiger charge is 2.31. The SMILES string of the molecule is Cc1nc(-c2ccn3c(C(=O)Nc4cc(C(F)(F)F)ccc4F)cnc3c2)c2c(N)ncc(CC3CN(C)C3)n12. The summed E-state index contributed by atoms with van der Waals surface area (Å²) in [4.78, 5) is 28.6. The molecule has 5 aromatic rings. The summed E-state index contributed by atoms with van der Waals surface area (Å²) in [5.41, 5.74) is 8.02. The van der Waals surface area contributed by atoms with Crippen molar-refractivity contribution in [1.82, 2.24) is 28.7 Å². The monoisotopic (exact) mass is 552 g/mol. The highest BCUT2D eigenvalue weighted by atomic mass is 19.4. The topological polar surface area (TPSA) is 106 Å². The number of fused-ring (bicyclic) bond motifs is 2.